The molecule has 0 aliphatic heterocycles. The lowest BCUT2D eigenvalue weighted by Gasteiger charge is -2.25. The summed E-state index contributed by atoms with van der Waals surface area (Å²) in [6.45, 7) is 5.94. The molecule has 6 nitrogen and oxygen atoms in total. The highest BCUT2D eigenvalue weighted by Gasteiger charge is 2.26. The first-order chi connectivity index (χ1) is 10.8. The van der Waals surface area contributed by atoms with Gasteiger partial charge in [0.1, 0.15) is 19.2 Å². The molecule has 0 unspecified atom stereocenters. The molecule has 0 spiro atoms. The van der Waals surface area contributed by atoms with Gasteiger partial charge < -0.3 is 15.4 Å². The lowest BCUT2D eigenvalue weighted by atomic mass is 9.88. The van der Waals surface area contributed by atoms with Gasteiger partial charge in [0.15, 0.2) is 0 Å². The minimum atomic E-state index is -0.744. The monoisotopic (exact) mass is 317 g/mol. The van der Waals surface area contributed by atoms with Crippen molar-refractivity contribution in [3.8, 4) is 6.07 Å². The number of nitriles is 1. The van der Waals surface area contributed by atoms with Crippen LogP contribution in [0, 0.1) is 16.7 Å². The fourth-order valence-corrected chi connectivity index (χ4v) is 1.98. The van der Waals surface area contributed by atoms with E-state index >= 15 is 0 Å². The van der Waals surface area contributed by atoms with Gasteiger partial charge in [-0.1, -0.05) is 51.1 Å². The summed E-state index contributed by atoms with van der Waals surface area (Å²) in [5.74, 6) is -0.391. The third-order valence-electron chi connectivity index (χ3n) is 2.98. The zero-order valence-corrected chi connectivity index (χ0v) is 13.8. The predicted octanol–water partition coefficient (Wildman–Crippen LogP) is 2.36. The molecule has 0 aliphatic rings. The number of hydrogen-bond donors (Lipinski definition) is 2. The number of ether oxygens (including phenoxy) is 1. The third-order valence-corrected chi connectivity index (χ3v) is 2.98. The topological polar surface area (TPSA) is 91.2 Å². The molecule has 124 valence electrons. The van der Waals surface area contributed by atoms with E-state index in [9.17, 15) is 9.59 Å². The van der Waals surface area contributed by atoms with Crippen molar-refractivity contribution in [2.24, 2.45) is 5.41 Å². The molecular formula is C17H23N3O3. The second kappa shape index (κ2) is 8.79. The number of benzene rings is 1. The smallest absolute Gasteiger partial charge is 0.408 e. The molecule has 0 radical (unpaired) electrons. The number of nitrogens with one attached hydrogen (secondary N) is 2. The van der Waals surface area contributed by atoms with Crippen LogP contribution in [0.15, 0.2) is 30.3 Å². The standard InChI is InChI=1S/C17H23N3O3/c1-17(2,3)11-14(15(21)19-10-9-18)20-16(22)23-12-13-7-5-4-6-8-13/h4-8,14H,10-12H2,1-3H3,(H,19,21)(H,20,22)/t14-/m0/s1. The summed E-state index contributed by atoms with van der Waals surface area (Å²) < 4.78 is 5.13. The highest BCUT2D eigenvalue weighted by molar-refractivity contribution is 5.85. The van der Waals surface area contributed by atoms with E-state index in [0.717, 1.165) is 5.56 Å². The molecule has 23 heavy (non-hydrogen) atoms. The van der Waals surface area contributed by atoms with E-state index in [4.69, 9.17) is 10.00 Å². The first-order valence-electron chi connectivity index (χ1n) is 7.44. The van der Waals surface area contributed by atoms with Crippen LogP contribution in [0.2, 0.25) is 0 Å². The molecule has 1 aromatic rings. The van der Waals surface area contributed by atoms with Crippen LogP contribution < -0.4 is 10.6 Å². The first kappa shape index (κ1) is 18.5. The van der Waals surface area contributed by atoms with Gasteiger partial charge in [-0.3, -0.25) is 4.79 Å². The SMILES string of the molecule is CC(C)(C)C[C@H](NC(=O)OCc1ccccc1)C(=O)NCC#N. The van der Waals surface area contributed by atoms with Gasteiger partial charge >= 0.3 is 6.09 Å². The van der Waals surface area contributed by atoms with Crippen LogP contribution in [0.1, 0.15) is 32.8 Å². The maximum atomic E-state index is 12.1. The molecule has 0 aliphatic carbocycles. The average Bonchev–Trinajstić information content (AvgIpc) is 2.49. The molecule has 1 aromatic carbocycles. The molecule has 0 aromatic heterocycles. The number of carbonyl (C=O) groups is 2. The van der Waals surface area contributed by atoms with Crippen molar-refractivity contribution >= 4 is 12.0 Å². The molecule has 0 saturated carbocycles. The molecule has 2 N–H and O–H groups in total. The molecule has 0 bridgehead atoms. The van der Waals surface area contributed by atoms with Gasteiger partial charge in [-0.2, -0.15) is 5.26 Å². The van der Waals surface area contributed by atoms with Gasteiger partial charge in [-0.15, -0.1) is 0 Å². The molecule has 0 heterocycles. The molecule has 2 amide bonds. The van der Waals surface area contributed by atoms with E-state index in [1.807, 2.05) is 57.2 Å². The Morgan fingerprint density at radius 1 is 1.26 bits per heavy atom. The summed E-state index contributed by atoms with van der Waals surface area (Å²) in [6.07, 6.45) is -0.222. The third kappa shape index (κ3) is 7.86. The van der Waals surface area contributed by atoms with E-state index in [1.165, 1.54) is 0 Å². The Kier molecular flexibility index (Phi) is 7.07. The van der Waals surface area contributed by atoms with Gasteiger partial charge in [0, 0.05) is 0 Å². The molecular weight excluding hydrogens is 294 g/mol. The Hall–Kier alpha value is -2.55. The van der Waals surface area contributed by atoms with E-state index in [-0.39, 0.29) is 18.6 Å². The Balaban J connectivity index is 2.59. The Morgan fingerprint density at radius 3 is 2.48 bits per heavy atom. The Bertz CT molecular complexity index is 559. The minimum absolute atomic E-state index is 0.0970. The highest BCUT2D eigenvalue weighted by atomic mass is 16.5. The van der Waals surface area contributed by atoms with Crippen LogP contribution in [-0.4, -0.2) is 24.6 Å². The second-order valence-electron chi connectivity index (χ2n) is 6.40. The molecule has 1 rings (SSSR count). The van der Waals surface area contributed by atoms with Crippen molar-refractivity contribution < 1.29 is 14.3 Å². The lowest BCUT2D eigenvalue weighted by Crippen LogP contribution is -2.48. The van der Waals surface area contributed by atoms with Crippen LogP contribution in [0.4, 0.5) is 4.79 Å². The maximum absolute atomic E-state index is 12.1. The minimum Gasteiger partial charge on any atom is -0.445 e. The summed E-state index contributed by atoms with van der Waals surface area (Å²) in [7, 11) is 0. The number of amides is 2. The first-order valence-corrected chi connectivity index (χ1v) is 7.44. The van der Waals surface area contributed by atoms with Crippen molar-refractivity contribution in [3.05, 3.63) is 35.9 Å². The number of alkyl carbamates (subject to hydrolysis) is 1. The van der Waals surface area contributed by atoms with Crippen LogP contribution in [-0.2, 0) is 16.1 Å². The molecule has 0 saturated heterocycles. The highest BCUT2D eigenvalue weighted by Crippen LogP contribution is 2.21. The summed E-state index contributed by atoms with van der Waals surface area (Å²) in [5, 5.41) is 13.6. The van der Waals surface area contributed by atoms with E-state index in [0.29, 0.717) is 6.42 Å². The van der Waals surface area contributed by atoms with Gasteiger partial charge in [0.05, 0.1) is 6.07 Å². The summed E-state index contributed by atoms with van der Waals surface area (Å²) in [5.41, 5.74) is 0.699. The second-order valence-corrected chi connectivity index (χ2v) is 6.40. The molecule has 6 heteroatoms. The van der Waals surface area contributed by atoms with Gasteiger partial charge in [0.2, 0.25) is 5.91 Å². The van der Waals surface area contributed by atoms with Crippen molar-refractivity contribution in [2.75, 3.05) is 6.54 Å². The van der Waals surface area contributed by atoms with Crippen molar-refractivity contribution in [1.82, 2.24) is 10.6 Å². The number of nitrogens with zero attached hydrogens (tertiary/aromatic N) is 1. The zero-order valence-electron chi connectivity index (χ0n) is 13.8. The average molecular weight is 317 g/mol. The van der Waals surface area contributed by atoms with Crippen LogP contribution in [0.3, 0.4) is 0 Å². The number of hydrogen-bond acceptors (Lipinski definition) is 4. The lowest BCUT2D eigenvalue weighted by molar-refractivity contribution is -0.123. The van der Waals surface area contributed by atoms with Crippen LogP contribution >= 0.6 is 0 Å². The van der Waals surface area contributed by atoms with Crippen molar-refractivity contribution in [3.63, 3.8) is 0 Å². The van der Waals surface area contributed by atoms with Crippen LogP contribution in [0.5, 0.6) is 0 Å². The molecule has 1 atom stereocenters. The van der Waals surface area contributed by atoms with Gasteiger partial charge in [-0.25, -0.2) is 4.79 Å². The Labute approximate surface area is 136 Å². The fourth-order valence-electron chi connectivity index (χ4n) is 1.98. The van der Waals surface area contributed by atoms with Crippen LogP contribution in [0.25, 0.3) is 0 Å². The van der Waals surface area contributed by atoms with Gasteiger partial charge in [0.25, 0.3) is 0 Å². The normalized spacial score (nSPS) is 11.9. The molecule has 0 fully saturated rings. The quantitative estimate of drug-likeness (QED) is 0.788. The number of carbonyl (C=O) groups excluding carboxylic acids is 2. The summed E-state index contributed by atoms with van der Waals surface area (Å²) in [4.78, 5) is 24.0. The van der Waals surface area contributed by atoms with Crippen molar-refractivity contribution in [1.29, 1.82) is 5.26 Å². The van der Waals surface area contributed by atoms with Gasteiger partial charge in [-0.05, 0) is 17.4 Å². The fraction of sp³-hybridized carbons (Fsp3) is 0.471. The van der Waals surface area contributed by atoms with E-state index in [2.05, 4.69) is 10.6 Å². The largest absolute Gasteiger partial charge is 0.445 e. The van der Waals surface area contributed by atoms with Crippen molar-refractivity contribution in [2.45, 2.75) is 39.8 Å². The zero-order chi connectivity index (χ0) is 17.3. The summed E-state index contributed by atoms with van der Waals surface area (Å²) in [6, 6.07) is 10.4. The van der Waals surface area contributed by atoms with E-state index < -0.39 is 18.0 Å². The predicted molar refractivity (Wildman–Crippen MR) is 86.2 cm³/mol. The maximum Gasteiger partial charge on any atom is 0.408 e. The van der Waals surface area contributed by atoms with E-state index in [1.54, 1.807) is 0 Å². The Morgan fingerprint density at radius 2 is 1.91 bits per heavy atom. The summed E-state index contributed by atoms with van der Waals surface area (Å²) >= 11 is 0. The number of rotatable bonds is 6.